The number of piperidine rings is 1. The van der Waals surface area contributed by atoms with Crippen LogP contribution in [0.4, 0.5) is 0 Å². The van der Waals surface area contributed by atoms with Crippen LogP contribution in [0.5, 0.6) is 0 Å². The Kier molecular flexibility index (Phi) is 2.90. The first kappa shape index (κ1) is 12.4. The zero-order valence-electron chi connectivity index (χ0n) is 11.4. The summed E-state index contributed by atoms with van der Waals surface area (Å²) in [5.74, 6) is 0.959. The number of nitrogens with zero attached hydrogens (tertiary/aromatic N) is 2. The number of amidine groups is 1. The number of rotatable bonds is 1. The first-order chi connectivity index (χ1) is 9.12. The lowest BCUT2D eigenvalue weighted by atomic mass is 9.89. The Morgan fingerprint density at radius 3 is 2.74 bits per heavy atom. The van der Waals surface area contributed by atoms with E-state index in [-0.39, 0.29) is 5.91 Å². The third-order valence-electron chi connectivity index (χ3n) is 4.05. The van der Waals surface area contributed by atoms with Crippen LogP contribution in [-0.4, -0.2) is 42.3 Å². The van der Waals surface area contributed by atoms with E-state index in [2.05, 4.69) is 24.4 Å². The number of hydrogen-bond donors (Lipinski definition) is 1. The zero-order chi connectivity index (χ0) is 13.5. The Labute approximate surface area is 113 Å². The van der Waals surface area contributed by atoms with Gasteiger partial charge in [0.1, 0.15) is 11.4 Å². The second-order valence-corrected chi connectivity index (χ2v) is 5.45. The monoisotopic (exact) mass is 257 g/mol. The maximum atomic E-state index is 12.5. The molecule has 1 aromatic rings. The lowest BCUT2D eigenvalue weighted by Gasteiger charge is -2.29. The van der Waals surface area contributed by atoms with Gasteiger partial charge in [0.2, 0.25) is 0 Å². The Morgan fingerprint density at radius 2 is 2.05 bits per heavy atom. The Hall–Kier alpha value is -1.68. The minimum Gasteiger partial charge on any atom is -0.317 e. The third-order valence-corrected chi connectivity index (χ3v) is 4.05. The molecule has 0 aromatic heterocycles. The van der Waals surface area contributed by atoms with Gasteiger partial charge in [0.25, 0.3) is 5.91 Å². The summed E-state index contributed by atoms with van der Waals surface area (Å²) in [7, 11) is 1.83. The molecule has 0 radical (unpaired) electrons. The van der Waals surface area contributed by atoms with Gasteiger partial charge in [-0.15, -0.1) is 0 Å². The minimum atomic E-state index is -0.515. The van der Waals surface area contributed by atoms with Crippen LogP contribution in [0.15, 0.2) is 29.3 Å². The van der Waals surface area contributed by atoms with Crippen molar-refractivity contribution in [3.05, 3.63) is 35.4 Å². The van der Waals surface area contributed by atoms with Crippen LogP contribution in [0.2, 0.25) is 0 Å². The van der Waals surface area contributed by atoms with Crippen molar-refractivity contribution in [1.29, 1.82) is 0 Å². The zero-order valence-corrected chi connectivity index (χ0v) is 11.4. The summed E-state index contributed by atoms with van der Waals surface area (Å²) < 4.78 is 0. The van der Waals surface area contributed by atoms with Gasteiger partial charge in [0.05, 0.1) is 0 Å². The molecule has 2 heterocycles. The SMILES string of the molecule is Cc1cccc(C2=NC3(CCNCC3)C(=O)N2C)c1. The average Bonchev–Trinajstić information content (AvgIpc) is 2.66. The van der Waals surface area contributed by atoms with Gasteiger partial charge in [0, 0.05) is 12.6 Å². The maximum Gasteiger partial charge on any atom is 0.255 e. The predicted molar refractivity (Wildman–Crippen MR) is 75.3 cm³/mol. The molecule has 4 nitrogen and oxygen atoms in total. The van der Waals surface area contributed by atoms with E-state index in [1.807, 2.05) is 19.2 Å². The fraction of sp³-hybridized carbons (Fsp3) is 0.467. The van der Waals surface area contributed by atoms with Crippen LogP contribution in [0.3, 0.4) is 0 Å². The van der Waals surface area contributed by atoms with E-state index in [4.69, 9.17) is 4.99 Å². The molecule has 1 spiro atoms. The first-order valence-electron chi connectivity index (χ1n) is 6.78. The molecule has 100 valence electrons. The quantitative estimate of drug-likeness (QED) is 0.825. The van der Waals surface area contributed by atoms with Gasteiger partial charge < -0.3 is 5.32 Å². The van der Waals surface area contributed by atoms with E-state index >= 15 is 0 Å². The highest BCUT2D eigenvalue weighted by molar-refractivity contribution is 6.15. The van der Waals surface area contributed by atoms with Crippen molar-refractivity contribution in [3.63, 3.8) is 0 Å². The molecular weight excluding hydrogens is 238 g/mol. The summed E-state index contributed by atoms with van der Waals surface area (Å²) in [6.07, 6.45) is 1.59. The number of aliphatic imine (C=N–C) groups is 1. The Balaban J connectivity index is 2.01. The minimum absolute atomic E-state index is 0.144. The largest absolute Gasteiger partial charge is 0.317 e. The molecule has 2 aliphatic heterocycles. The van der Waals surface area contributed by atoms with Crippen LogP contribution >= 0.6 is 0 Å². The number of carbonyl (C=O) groups is 1. The van der Waals surface area contributed by atoms with Crippen LogP contribution < -0.4 is 5.32 Å². The highest BCUT2D eigenvalue weighted by atomic mass is 16.2. The van der Waals surface area contributed by atoms with E-state index in [1.54, 1.807) is 4.90 Å². The average molecular weight is 257 g/mol. The number of benzene rings is 1. The number of hydrogen-bond acceptors (Lipinski definition) is 3. The van der Waals surface area contributed by atoms with Crippen molar-refractivity contribution >= 4 is 11.7 Å². The molecule has 0 saturated carbocycles. The topological polar surface area (TPSA) is 44.7 Å². The van der Waals surface area contributed by atoms with Crippen LogP contribution in [-0.2, 0) is 4.79 Å². The van der Waals surface area contributed by atoms with Gasteiger partial charge in [-0.25, -0.2) is 0 Å². The molecule has 4 heteroatoms. The lowest BCUT2D eigenvalue weighted by Crippen LogP contribution is -2.47. The van der Waals surface area contributed by atoms with Crippen molar-refractivity contribution in [2.24, 2.45) is 4.99 Å². The number of likely N-dealkylation sites (N-methyl/N-ethyl adjacent to an activating group) is 1. The fourth-order valence-electron chi connectivity index (χ4n) is 2.94. The van der Waals surface area contributed by atoms with Crippen molar-refractivity contribution in [1.82, 2.24) is 10.2 Å². The van der Waals surface area contributed by atoms with Gasteiger partial charge in [-0.3, -0.25) is 14.7 Å². The van der Waals surface area contributed by atoms with Crippen molar-refractivity contribution in [3.8, 4) is 0 Å². The first-order valence-corrected chi connectivity index (χ1v) is 6.78. The summed E-state index contributed by atoms with van der Waals surface area (Å²) in [5.41, 5.74) is 1.71. The van der Waals surface area contributed by atoms with Gasteiger partial charge >= 0.3 is 0 Å². The second kappa shape index (κ2) is 4.46. The molecule has 1 aromatic carbocycles. The highest BCUT2D eigenvalue weighted by Gasteiger charge is 2.47. The lowest BCUT2D eigenvalue weighted by molar-refractivity contribution is -0.131. The summed E-state index contributed by atoms with van der Waals surface area (Å²) in [4.78, 5) is 19.1. The molecule has 1 fully saturated rings. The molecule has 2 aliphatic rings. The number of aryl methyl sites for hydroxylation is 1. The molecule has 3 rings (SSSR count). The third kappa shape index (κ3) is 1.96. The van der Waals surface area contributed by atoms with Crippen molar-refractivity contribution in [2.45, 2.75) is 25.3 Å². The van der Waals surface area contributed by atoms with E-state index < -0.39 is 5.54 Å². The highest BCUT2D eigenvalue weighted by Crippen LogP contribution is 2.32. The van der Waals surface area contributed by atoms with Crippen LogP contribution in [0.25, 0.3) is 0 Å². The summed E-state index contributed by atoms with van der Waals surface area (Å²) >= 11 is 0. The summed E-state index contributed by atoms with van der Waals surface area (Å²) in [6, 6.07) is 8.18. The Morgan fingerprint density at radius 1 is 1.32 bits per heavy atom. The fourth-order valence-corrected chi connectivity index (χ4v) is 2.94. The molecule has 0 atom stereocenters. The van der Waals surface area contributed by atoms with Crippen molar-refractivity contribution < 1.29 is 4.79 Å². The summed E-state index contributed by atoms with van der Waals surface area (Å²) in [5, 5.41) is 3.30. The normalized spacial score (nSPS) is 21.9. The molecule has 0 aliphatic carbocycles. The molecule has 19 heavy (non-hydrogen) atoms. The van der Waals surface area contributed by atoms with E-state index in [0.717, 1.165) is 37.3 Å². The molecule has 1 amide bonds. The molecule has 1 saturated heterocycles. The van der Waals surface area contributed by atoms with Gasteiger partial charge in [-0.1, -0.05) is 23.8 Å². The molecular formula is C15H19N3O. The number of nitrogens with one attached hydrogen (secondary N) is 1. The van der Waals surface area contributed by atoms with E-state index in [0.29, 0.717) is 0 Å². The number of carbonyl (C=O) groups excluding carboxylic acids is 1. The molecule has 1 N–H and O–H groups in total. The van der Waals surface area contributed by atoms with E-state index in [9.17, 15) is 4.79 Å². The van der Waals surface area contributed by atoms with E-state index in [1.165, 1.54) is 5.56 Å². The Bertz CT molecular complexity index is 544. The van der Waals surface area contributed by atoms with Crippen LogP contribution in [0, 0.1) is 6.92 Å². The number of amides is 1. The van der Waals surface area contributed by atoms with Gasteiger partial charge in [0.15, 0.2) is 0 Å². The molecule has 0 bridgehead atoms. The smallest absolute Gasteiger partial charge is 0.255 e. The molecule has 0 unspecified atom stereocenters. The van der Waals surface area contributed by atoms with Gasteiger partial charge in [-0.2, -0.15) is 0 Å². The van der Waals surface area contributed by atoms with Gasteiger partial charge in [-0.05, 0) is 38.9 Å². The maximum absolute atomic E-state index is 12.5. The standard InChI is InChI=1S/C15H19N3O/c1-11-4-3-5-12(10-11)13-17-15(14(19)18(13)2)6-8-16-9-7-15/h3-5,10,16H,6-9H2,1-2H3. The van der Waals surface area contributed by atoms with Crippen molar-refractivity contribution in [2.75, 3.05) is 20.1 Å². The van der Waals surface area contributed by atoms with Crippen LogP contribution in [0.1, 0.15) is 24.0 Å². The predicted octanol–water partition coefficient (Wildman–Crippen LogP) is 1.34. The summed E-state index contributed by atoms with van der Waals surface area (Å²) in [6.45, 7) is 3.79. The second-order valence-electron chi connectivity index (χ2n) is 5.45.